The van der Waals surface area contributed by atoms with Crippen LogP contribution in [-0.4, -0.2) is 38.4 Å². The first-order chi connectivity index (χ1) is 10.2. The van der Waals surface area contributed by atoms with Gasteiger partial charge >= 0.3 is 11.9 Å². The highest BCUT2D eigenvalue weighted by molar-refractivity contribution is 5.81. The molecule has 0 aromatic heterocycles. The first-order valence-corrected chi connectivity index (χ1v) is 7.73. The fourth-order valence-electron chi connectivity index (χ4n) is 1.62. The van der Waals surface area contributed by atoms with Crippen molar-refractivity contribution in [3.8, 4) is 0 Å². The number of esters is 2. The maximum Gasteiger partial charge on any atom is 0.330 e. The van der Waals surface area contributed by atoms with Gasteiger partial charge in [0.2, 0.25) is 0 Å². The van der Waals surface area contributed by atoms with Gasteiger partial charge < -0.3 is 14.2 Å². The minimum atomic E-state index is -0.389. The summed E-state index contributed by atoms with van der Waals surface area (Å²) in [5, 5.41) is 0. The summed E-state index contributed by atoms with van der Waals surface area (Å²) in [5.41, 5.74) is 0. The Balaban J connectivity index is 3.07. The lowest BCUT2D eigenvalue weighted by Crippen LogP contribution is -2.05. The van der Waals surface area contributed by atoms with E-state index in [0.29, 0.717) is 32.7 Å². The van der Waals surface area contributed by atoms with Crippen LogP contribution in [0.15, 0.2) is 12.7 Å². The van der Waals surface area contributed by atoms with E-state index in [1.165, 1.54) is 0 Å². The van der Waals surface area contributed by atoms with Gasteiger partial charge in [-0.2, -0.15) is 0 Å². The standard InChI is InChI=1S/C16H28O5/c1-3-15(17)20-13-9-7-5-6-8-11-19-12-10-14-21-16(18)4-2/h4H,2-3,5-14H2,1H3. The molecule has 122 valence electrons. The van der Waals surface area contributed by atoms with Crippen molar-refractivity contribution in [3.05, 3.63) is 12.7 Å². The first kappa shape index (κ1) is 19.6. The molecule has 0 radical (unpaired) electrons. The largest absolute Gasteiger partial charge is 0.466 e. The van der Waals surface area contributed by atoms with Crippen LogP contribution in [0.3, 0.4) is 0 Å². The molecule has 0 fully saturated rings. The van der Waals surface area contributed by atoms with Crippen LogP contribution < -0.4 is 0 Å². The third-order valence-electron chi connectivity index (χ3n) is 2.83. The van der Waals surface area contributed by atoms with Crippen LogP contribution in [0.4, 0.5) is 0 Å². The quantitative estimate of drug-likeness (QED) is 0.280. The summed E-state index contributed by atoms with van der Waals surface area (Å²) in [4.78, 5) is 21.6. The second kappa shape index (κ2) is 15.0. The Morgan fingerprint density at radius 3 is 2.10 bits per heavy atom. The molecule has 0 aliphatic heterocycles. The van der Waals surface area contributed by atoms with E-state index in [1.807, 2.05) is 0 Å². The zero-order valence-electron chi connectivity index (χ0n) is 13.1. The van der Waals surface area contributed by atoms with Crippen molar-refractivity contribution < 1.29 is 23.8 Å². The van der Waals surface area contributed by atoms with Crippen LogP contribution in [0.5, 0.6) is 0 Å². The maximum atomic E-state index is 10.9. The molecule has 0 unspecified atom stereocenters. The summed E-state index contributed by atoms with van der Waals surface area (Å²) in [6, 6.07) is 0. The summed E-state index contributed by atoms with van der Waals surface area (Å²) >= 11 is 0. The molecule has 0 atom stereocenters. The minimum Gasteiger partial charge on any atom is -0.466 e. The summed E-state index contributed by atoms with van der Waals surface area (Å²) in [6.07, 6.45) is 7.60. The summed E-state index contributed by atoms with van der Waals surface area (Å²) in [5.74, 6) is -0.512. The topological polar surface area (TPSA) is 61.8 Å². The van der Waals surface area contributed by atoms with Crippen molar-refractivity contribution >= 4 is 11.9 Å². The fourth-order valence-corrected chi connectivity index (χ4v) is 1.62. The molecule has 5 nitrogen and oxygen atoms in total. The number of unbranched alkanes of at least 4 members (excludes halogenated alkanes) is 4. The number of rotatable bonds is 14. The summed E-state index contributed by atoms with van der Waals surface area (Å²) in [7, 11) is 0. The molecule has 5 heteroatoms. The molecule has 0 aliphatic rings. The second-order valence-electron chi connectivity index (χ2n) is 4.68. The van der Waals surface area contributed by atoms with Crippen LogP contribution in [0.2, 0.25) is 0 Å². The van der Waals surface area contributed by atoms with E-state index in [0.717, 1.165) is 44.8 Å². The van der Waals surface area contributed by atoms with Gasteiger partial charge in [0.1, 0.15) is 0 Å². The third-order valence-corrected chi connectivity index (χ3v) is 2.83. The van der Waals surface area contributed by atoms with E-state index < -0.39 is 0 Å². The molecule has 21 heavy (non-hydrogen) atoms. The maximum absolute atomic E-state index is 10.9. The molecule has 0 saturated carbocycles. The number of carbonyl (C=O) groups is 2. The van der Waals surface area contributed by atoms with Crippen LogP contribution >= 0.6 is 0 Å². The first-order valence-electron chi connectivity index (χ1n) is 7.73. The van der Waals surface area contributed by atoms with Gasteiger partial charge in [-0.15, -0.1) is 0 Å². The number of ether oxygens (including phenoxy) is 3. The van der Waals surface area contributed by atoms with Crippen molar-refractivity contribution in [2.45, 2.75) is 51.9 Å². The predicted molar refractivity (Wildman–Crippen MR) is 80.9 cm³/mol. The van der Waals surface area contributed by atoms with E-state index in [1.54, 1.807) is 6.92 Å². The average Bonchev–Trinajstić information content (AvgIpc) is 2.51. The van der Waals surface area contributed by atoms with Crippen molar-refractivity contribution in [3.63, 3.8) is 0 Å². The number of carbonyl (C=O) groups excluding carboxylic acids is 2. The van der Waals surface area contributed by atoms with Crippen LogP contribution in [0.25, 0.3) is 0 Å². The molecule has 0 rings (SSSR count). The van der Waals surface area contributed by atoms with Gasteiger partial charge in [0.05, 0.1) is 13.2 Å². The fraction of sp³-hybridized carbons (Fsp3) is 0.750. The molecule has 0 aromatic rings. The van der Waals surface area contributed by atoms with E-state index in [4.69, 9.17) is 14.2 Å². The van der Waals surface area contributed by atoms with Gasteiger partial charge in [-0.1, -0.05) is 32.8 Å². The molecular formula is C16H28O5. The van der Waals surface area contributed by atoms with Crippen LogP contribution in [-0.2, 0) is 23.8 Å². The van der Waals surface area contributed by atoms with Crippen molar-refractivity contribution in [1.82, 2.24) is 0 Å². The van der Waals surface area contributed by atoms with Crippen molar-refractivity contribution in [2.24, 2.45) is 0 Å². The molecular weight excluding hydrogens is 272 g/mol. The minimum absolute atomic E-state index is 0.123. The van der Waals surface area contributed by atoms with Gasteiger partial charge in [-0.25, -0.2) is 4.79 Å². The lowest BCUT2D eigenvalue weighted by atomic mass is 10.1. The highest BCUT2D eigenvalue weighted by Gasteiger charge is 1.98. The normalized spacial score (nSPS) is 10.1. The molecule has 0 aromatic carbocycles. The van der Waals surface area contributed by atoms with E-state index in [2.05, 4.69) is 6.58 Å². The number of hydrogen-bond acceptors (Lipinski definition) is 5. The third kappa shape index (κ3) is 14.9. The molecule has 0 amide bonds. The Kier molecular flexibility index (Phi) is 14.1. The lowest BCUT2D eigenvalue weighted by molar-refractivity contribution is -0.143. The zero-order chi connectivity index (χ0) is 15.8. The van der Waals surface area contributed by atoms with Gasteiger partial charge in [-0.3, -0.25) is 4.79 Å². The second-order valence-corrected chi connectivity index (χ2v) is 4.68. The van der Waals surface area contributed by atoms with E-state index in [9.17, 15) is 9.59 Å². The Morgan fingerprint density at radius 1 is 0.857 bits per heavy atom. The molecule has 0 bridgehead atoms. The van der Waals surface area contributed by atoms with Gasteiger partial charge in [0.25, 0.3) is 0 Å². The van der Waals surface area contributed by atoms with Crippen LogP contribution in [0, 0.1) is 0 Å². The molecule has 0 heterocycles. The molecule has 0 N–H and O–H groups in total. The molecule has 0 aliphatic carbocycles. The van der Waals surface area contributed by atoms with Gasteiger partial charge in [0, 0.05) is 32.1 Å². The Labute approximate surface area is 127 Å². The summed E-state index contributed by atoms with van der Waals surface area (Å²) < 4.78 is 15.3. The molecule has 0 saturated heterocycles. The van der Waals surface area contributed by atoms with Crippen LogP contribution in [0.1, 0.15) is 51.9 Å². The Bertz CT molecular complexity index is 288. The highest BCUT2D eigenvalue weighted by Crippen LogP contribution is 2.04. The monoisotopic (exact) mass is 300 g/mol. The van der Waals surface area contributed by atoms with Crippen molar-refractivity contribution in [1.29, 1.82) is 0 Å². The van der Waals surface area contributed by atoms with Gasteiger partial charge in [0.15, 0.2) is 0 Å². The molecule has 0 spiro atoms. The summed E-state index contributed by atoms with van der Waals surface area (Å²) in [6.45, 7) is 7.37. The SMILES string of the molecule is C=CC(=O)OCCCOCCCCCCCOC(=O)CC. The lowest BCUT2D eigenvalue weighted by Gasteiger charge is -2.05. The predicted octanol–water partition coefficient (Wildman–Crippen LogP) is 3.03. The Hall–Kier alpha value is -1.36. The van der Waals surface area contributed by atoms with E-state index >= 15 is 0 Å². The average molecular weight is 300 g/mol. The zero-order valence-corrected chi connectivity index (χ0v) is 13.1. The smallest absolute Gasteiger partial charge is 0.330 e. The Morgan fingerprint density at radius 2 is 1.43 bits per heavy atom. The highest BCUT2D eigenvalue weighted by atomic mass is 16.5. The van der Waals surface area contributed by atoms with E-state index in [-0.39, 0.29) is 11.9 Å². The van der Waals surface area contributed by atoms with Crippen molar-refractivity contribution in [2.75, 3.05) is 26.4 Å². The van der Waals surface area contributed by atoms with Gasteiger partial charge in [-0.05, 0) is 12.8 Å². The number of hydrogen-bond donors (Lipinski definition) is 0.